The number of hydrogen-bond acceptors (Lipinski definition) is 6. The van der Waals surface area contributed by atoms with Crippen molar-refractivity contribution in [1.82, 2.24) is 19.7 Å². The van der Waals surface area contributed by atoms with Crippen molar-refractivity contribution in [3.05, 3.63) is 53.8 Å². The van der Waals surface area contributed by atoms with E-state index >= 15 is 0 Å². The van der Waals surface area contributed by atoms with E-state index in [2.05, 4.69) is 21.3 Å². The average molecular weight is 398 g/mol. The molecule has 4 rings (SSSR count). The summed E-state index contributed by atoms with van der Waals surface area (Å²) in [6.07, 6.45) is 6.51. The minimum absolute atomic E-state index is 0.330. The van der Waals surface area contributed by atoms with Crippen LogP contribution in [0.15, 0.2) is 42.6 Å². The second kappa shape index (κ2) is 7.23. The summed E-state index contributed by atoms with van der Waals surface area (Å²) in [5.74, 6) is 0.410. The molecule has 2 heterocycles. The van der Waals surface area contributed by atoms with Gasteiger partial charge in [-0.25, -0.2) is 23.1 Å². The van der Waals surface area contributed by atoms with Gasteiger partial charge in [-0.3, -0.25) is 4.72 Å². The van der Waals surface area contributed by atoms with Crippen LogP contribution in [0.3, 0.4) is 0 Å². The third-order valence-electron chi connectivity index (χ3n) is 5.04. The number of fused-ring (bicyclic) bond motifs is 1. The maximum atomic E-state index is 11.7. The number of nitrogens with zero attached hydrogens (tertiary/aromatic N) is 4. The van der Waals surface area contributed by atoms with E-state index in [0.717, 1.165) is 40.5 Å². The Morgan fingerprint density at radius 2 is 2.07 bits per heavy atom. The van der Waals surface area contributed by atoms with E-state index in [0.29, 0.717) is 24.0 Å². The molecule has 0 aliphatic heterocycles. The van der Waals surface area contributed by atoms with E-state index < -0.39 is 10.0 Å². The molecule has 8 nitrogen and oxygen atoms in total. The van der Waals surface area contributed by atoms with Crippen LogP contribution in [-0.4, -0.2) is 28.2 Å². The molecule has 3 N–H and O–H groups in total. The summed E-state index contributed by atoms with van der Waals surface area (Å²) in [4.78, 5) is 8.57. The van der Waals surface area contributed by atoms with Gasteiger partial charge < -0.3 is 5.73 Å². The molecule has 1 aromatic carbocycles. The minimum Gasteiger partial charge on any atom is -0.383 e. The second-order valence-electron chi connectivity index (χ2n) is 6.98. The standard InChI is InChI=1S/C19H22N6O2S/c1-2-28(26,27)24-14-7-5-6-13(10-14)11-16-17-18(20)21-12-22-19(17)25(23-16)15-8-3-4-9-15/h2,5-7,10,12,15,24H,1,3-4,8-9,11H2,(H2,20,21,22). The Bertz CT molecular complexity index is 1130. The highest BCUT2D eigenvalue weighted by Crippen LogP contribution is 2.33. The number of sulfonamides is 1. The van der Waals surface area contributed by atoms with Gasteiger partial charge in [0.1, 0.15) is 12.1 Å². The van der Waals surface area contributed by atoms with Gasteiger partial charge in [0.2, 0.25) is 0 Å². The van der Waals surface area contributed by atoms with Gasteiger partial charge in [0.25, 0.3) is 10.0 Å². The van der Waals surface area contributed by atoms with Crippen LogP contribution in [0.25, 0.3) is 11.0 Å². The van der Waals surface area contributed by atoms with Crippen molar-refractivity contribution in [1.29, 1.82) is 0 Å². The number of hydrogen-bond donors (Lipinski definition) is 2. The van der Waals surface area contributed by atoms with Crippen LogP contribution in [0, 0.1) is 0 Å². The van der Waals surface area contributed by atoms with Gasteiger partial charge in [0.15, 0.2) is 5.65 Å². The summed E-state index contributed by atoms with van der Waals surface area (Å²) in [6.45, 7) is 3.31. The van der Waals surface area contributed by atoms with Gasteiger partial charge in [-0.1, -0.05) is 31.6 Å². The Morgan fingerprint density at radius 3 is 2.82 bits per heavy atom. The molecule has 1 aliphatic carbocycles. The molecule has 0 amide bonds. The monoisotopic (exact) mass is 398 g/mol. The summed E-state index contributed by atoms with van der Waals surface area (Å²) in [7, 11) is -3.56. The maximum absolute atomic E-state index is 11.7. The molecule has 2 aromatic heterocycles. The zero-order valence-corrected chi connectivity index (χ0v) is 16.2. The van der Waals surface area contributed by atoms with E-state index in [1.165, 1.54) is 19.2 Å². The third-order valence-corrected chi connectivity index (χ3v) is 6.00. The first-order valence-electron chi connectivity index (χ1n) is 9.18. The lowest BCUT2D eigenvalue weighted by Gasteiger charge is -2.10. The molecule has 0 atom stereocenters. The predicted octanol–water partition coefficient (Wildman–Crippen LogP) is 3.00. The fourth-order valence-electron chi connectivity index (χ4n) is 3.74. The predicted molar refractivity (Wildman–Crippen MR) is 109 cm³/mol. The van der Waals surface area contributed by atoms with Gasteiger partial charge in [-0.2, -0.15) is 5.10 Å². The average Bonchev–Trinajstić information content (AvgIpc) is 3.30. The molecule has 0 radical (unpaired) electrons. The molecule has 1 saturated carbocycles. The van der Waals surface area contributed by atoms with Crippen LogP contribution in [-0.2, 0) is 16.4 Å². The molecule has 28 heavy (non-hydrogen) atoms. The Kier molecular flexibility index (Phi) is 4.76. The van der Waals surface area contributed by atoms with Gasteiger partial charge in [-0.15, -0.1) is 0 Å². The smallest absolute Gasteiger partial charge is 0.254 e. The van der Waals surface area contributed by atoms with E-state index in [1.807, 2.05) is 10.7 Å². The van der Waals surface area contributed by atoms with Crippen LogP contribution < -0.4 is 10.5 Å². The highest BCUT2D eigenvalue weighted by atomic mass is 32.2. The number of benzene rings is 1. The highest BCUT2D eigenvalue weighted by Gasteiger charge is 2.24. The Morgan fingerprint density at radius 1 is 1.29 bits per heavy atom. The quantitative estimate of drug-likeness (QED) is 0.659. The fourth-order valence-corrected chi connectivity index (χ4v) is 4.28. The van der Waals surface area contributed by atoms with Gasteiger partial charge in [0.05, 0.1) is 17.1 Å². The molecule has 0 saturated heterocycles. The lowest BCUT2D eigenvalue weighted by Crippen LogP contribution is -2.09. The zero-order valence-electron chi connectivity index (χ0n) is 15.4. The van der Waals surface area contributed by atoms with Crippen molar-refractivity contribution in [2.45, 2.75) is 38.1 Å². The number of rotatable bonds is 6. The summed E-state index contributed by atoms with van der Waals surface area (Å²) < 4.78 is 27.9. The first kappa shape index (κ1) is 18.4. The molecular weight excluding hydrogens is 376 g/mol. The number of anilines is 2. The van der Waals surface area contributed by atoms with E-state index in [4.69, 9.17) is 10.8 Å². The second-order valence-corrected chi connectivity index (χ2v) is 8.61. The normalized spacial score (nSPS) is 15.1. The molecule has 1 fully saturated rings. The van der Waals surface area contributed by atoms with Gasteiger partial charge >= 0.3 is 0 Å². The largest absolute Gasteiger partial charge is 0.383 e. The van der Waals surface area contributed by atoms with Crippen LogP contribution in [0.1, 0.15) is 43.0 Å². The molecule has 146 valence electrons. The van der Waals surface area contributed by atoms with Crippen molar-refractivity contribution in [3.63, 3.8) is 0 Å². The Hall–Kier alpha value is -2.94. The highest BCUT2D eigenvalue weighted by molar-refractivity contribution is 7.95. The number of aromatic nitrogens is 4. The zero-order chi connectivity index (χ0) is 19.7. The lowest BCUT2D eigenvalue weighted by molar-refractivity contribution is 0.475. The first-order valence-corrected chi connectivity index (χ1v) is 10.7. The number of nitrogens with two attached hydrogens (primary N) is 1. The van der Waals surface area contributed by atoms with Crippen molar-refractivity contribution >= 4 is 32.6 Å². The molecule has 1 aliphatic rings. The minimum atomic E-state index is -3.56. The van der Waals surface area contributed by atoms with E-state index in [1.54, 1.807) is 18.2 Å². The molecule has 0 bridgehead atoms. The van der Waals surface area contributed by atoms with Crippen LogP contribution in [0.2, 0.25) is 0 Å². The Labute approximate surface area is 163 Å². The first-order chi connectivity index (χ1) is 13.5. The summed E-state index contributed by atoms with van der Waals surface area (Å²) in [5, 5.41) is 6.48. The van der Waals surface area contributed by atoms with Gasteiger partial charge in [-0.05, 0) is 30.5 Å². The summed E-state index contributed by atoms with van der Waals surface area (Å²) >= 11 is 0. The van der Waals surface area contributed by atoms with E-state index in [-0.39, 0.29) is 0 Å². The molecule has 0 unspecified atom stereocenters. The maximum Gasteiger partial charge on any atom is 0.254 e. The topological polar surface area (TPSA) is 116 Å². The number of nitrogens with one attached hydrogen (secondary N) is 1. The van der Waals surface area contributed by atoms with Crippen LogP contribution >= 0.6 is 0 Å². The molecule has 0 spiro atoms. The van der Waals surface area contributed by atoms with Crippen molar-refractivity contribution < 1.29 is 8.42 Å². The molecular formula is C19H22N6O2S. The van der Waals surface area contributed by atoms with Crippen LogP contribution in [0.4, 0.5) is 11.5 Å². The van der Waals surface area contributed by atoms with Crippen molar-refractivity contribution in [2.75, 3.05) is 10.5 Å². The molecule has 9 heteroatoms. The van der Waals surface area contributed by atoms with Crippen molar-refractivity contribution in [2.24, 2.45) is 0 Å². The summed E-state index contributed by atoms with van der Waals surface area (Å²) in [6, 6.07) is 7.52. The Balaban J connectivity index is 1.71. The SMILES string of the molecule is C=CS(=O)(=O)Nc1cccc(Cc2nn(C3CCCC3)c3ncnc(N)c23)c1. The van der Waals surface area contributed by atoms with E-state index in [9.17, 15) is 8.42 Å². The third kappa shape index (κ3) is 3.57. The van der Waals surface area contributed by atoms with Crippen LogP contribution in [0.5, 0.6) is 0 Å². The number of nitrogen functional groups attached to an aromatic ring is 1. The lowest BCUT2D eigenvalue weighted by atomic mass is 10.1. The fraction of sp³-hybridized carbons (Fsp3) is 0.316. The molecule has 3 aromatic rings. The van der Waals surface area contributed by atoms with Crippen molar-refractivity contribution in [3.8, 4) is 0 Å². The summed E-state index contributed by atoms with van der Waals surface area (Å²) in [5.41, 5.74) is 9.08. The van der Waals surface area contributed by atoms with Gasteiger partial charge in [0, 0.05) is 17.5 Å².